The third-order valence-corrected chi connectivity index (χ3v) is 6.04. The molecule has 0 bridgehead atoms. The summed E-state index contributed by atoms with van der Waals surface area (Å²) in [4.78, 5) is 39.6. The fourth-order valence-electron chi connectivity index (χ4n) is 3.13. The van der Waals surface area contributed by atoms with Gasteiger partial charge in [0.1, 0.15) is 4.83 Å². The van der Waals surface area contributed by atoms with Crippen molar-refractivity contribution in [2.45, 2.75) is 39.7 Å². The molecule has 0 unspecified atom stereocenters. The number of halogens is 3. The second kappa shape index (κ2) is 7.12. The maximum absolute atomic E-state index is 13.0. The van der Waals surface area contributed by atoms with Gasteiger partial charge < -0.3 is 10.2 Å². The minimum atomic E-state index is -4.65. The zero-order chi connectivity index (χ0) is 20.8. The highest BCUT2D eigenvalue weighted by Gasteiger charge is 2.33. The molecule has 1 saturated heterocycles. The summed E-state index contributed by atoms with van der Waals surface area (Å²) in [6, 6.07) is -0.245. The molecule has 1 aliphatic heterocycles. The van der Waals surface area contributed by atoms with Crippen molar-refractivity contribution >= 4 is 27.6 Å². The van der Waals surface area contributed by atoms with Crippen molar-refractivity contribution in [3.8, 4) is 0 Å². The van der Waals surface area contributed by atoms with Crippen molar-refractivity contribution in [3.05, 3.63) is 43.4 Å². The first-order chi connectivity index (χ1) is 13.1. The van der Waals surface area contributed by atoms with Crippen LogP contribution in [0.5, 0.6) is 0 Å². The molecule has 11 heteroatoms. The van der Waals surface area contributed by atoms with E-state index in [1.807, 2.05) is 0 Å². The van der Waals surface area contributed by atoms with Crippen LogP contribution in [0.4, 0.5) is 18.0 Å². The van der Waals surface area contributed by atoms with E-state index in [1.165, 1.54) is 0 Å². The number of aryl methyl sites for hydroxylation is 1. The number of rotatable bonds is 5. The van der Waals surface area contributed by atoms with Gasteiger partial charge in [-0.1, -0.05) is 6.58 Å². The third-order valence-electron chi connectivity index (χ3n) is 4.74. The van der Waals surface area contributed by atoms with E-state index in [4.69, 9.17) is 0 Å². The Kier molecular flexibility index (Phi) is 5.13. The Balaban J connectivity index is 2.20. The molecule has 0 radical (unpaired) electrons. The highest BCUT2D eigenvalue weighted by atomic mass is 32.1. The van der Waals surface area contributed by atoms with Crippen LogP contribution < -0.4 is 16.6 Å². The van der Waals surface area contributed by atoms with Crippen LogP contribution in [0.3, 0.4) is 0 Å². The monoisotopic (exact) mass is 416 g/mol. The minimum absolute atomic E-state index is 0.0330. The number of carbonyl (C=O) groups excluding carboxylic acids is 1. The Morgan fingerprint density at radius 3 is 2.46 bits per heavy atom. The number of hydrogen-bond acceptors (Lipinski definition) is 4. The van der Waals surface area contributed by atoms with E-state index in [1.54, 1.807) is 18.7 Å². The molecule has 1 N–H and O–H groups in total. The van der Waals surface area contributed by atoms with Gasteiger partial charge in [-0.15, -0.1) is 11.3 Å². The summed E-state index contributed by atoms with van der Waals surface area (Å²) in [6.07, 6.45) is -4.65. The van der Waals surface area contributed by atoms with Gasteiger partial charge in [-0.25, -0.2) is 9.59 Å². The van der Waals surface area contributed by atoms with Gasteiger partial charge in [-0.3, -0.25) is 13.9 Å². The molecule has 0 aliphatic carbocycles. The average molecular weight is 416 g/mol. The van der Waals surface area contributed by atoms with Gasteiger partial charge in [0.15, 0.2) is 0 Å². The van der Waals surface area contributed by atoms with Crippen molar-refractivity contribution in [1.82, 2.24) is 19.4 Å². The topological polar surface area (TPSA) is 76.3 Å². The van der Waals surface area contributed by atoms with Gasteiger partial charge in [-0.2, -0.15) is 13.2 Å². The quantitative estimate of drug-likeness (QED) is 0.760. The van der Waals surface area contributed by atoms with E-state index >= 15 is 0 Å². The van der Waals surface area contributed by atoms with Crippen LogP contribution in [-0.4, -0.2) is 39.3 Å². The summed E-state index contributed by atoms with van der Waals surface area (Å²) in [5.74, 6) is 0. The average Bonchev–Trinajstić information content (AvgIpc) is 3.15. The van der Waals surface area contributed by atoms with E-state index in [0.717, 1.165) is 20.5 Å². The first kappa shape index (κ1) is 20.2. The lowest BCUT2D eigenvalue weighted by Gasteiger charge is -2.14. The summed E-state index contributed by atoms with van der Waals surface area (Å²) in [7, 11) is 0. The van der Waals surface area contributed by atoms with Crippen LogP contribution in [0.25, 0.3) is 10.2 Å². The predicted molar refractivity (Wildman–Crippen MR) is 99.8 cm³/mol. The van der Waals surface area contributed by atoms with E-state index < -0.39 is 29.5 Å². The fraction of sp³-hybridized carbons (Fsp3) is 0.471. The van der Waals surface area contributed by atoms with Gasteiger partial charge in [0.05, 0.1) is 18.5 Å². The number of nitrogens with one attached hydrogen (secondary N) is 1. The molecule has 2 aromatic heterocycles. The molecule has 3 heterocycles. The van der Waals surface area contributed by atoms with E-state index in [2.05, 4.69) is 11.9 Å². The largest absolute Gasteiger partial charge is 0.413 e. The van der Waals surface area contributed by atoms with Crippen LogP contribution in [-0.2, 0) is 19.6 Å². The van der Waals surface area contributed by atoms with Crippen LogP contribution in [0.15, 0.2) is 21.7 Å². The summed E-state index contributed by atoms with van der Waals surface area (Å²) >= 11 is 1.06. The first-order valence-corrected chi connectivity index (χ1v) is 9.41. The van der Waals surface area contributed by atoms with Gasteiger partial charge >= 0.3 is 17.9 Å². The Labute approximate surface area is 161 Å². The number of carbonyl (C=O) groups is 1. The molecule has 152 valence electrons. The molecule has 0 saturated carbocycles. The van der Waals surface area contributed by atoms with Gasteiger partial charge in [0.2, 0.25) is 0 Å². The number of urea groups is 1. The van der Waals surface area contributed by atoms with Gasteiger partial charge in [0.25, 0.3) is 5.56 Å². The molecular formula is C17H19F3N4O3S. The number of aromatic nitrogens is 2. The normalized spacial score (nSPS) is 14.8. The van der Waals surface area contributed by atoms with E-state index in [-0.39, 0.29) is 29.3 Å². The number of fused-ring (bicyclic) bond motifs is 1. The highest BCUT2D eigenvalue weighted by Crippen LogP contribution is 2.31. The molecule has 3 rings (SSSR count). The molecule has 7 nitrogen and oxygen atoms in total. The van der Waals surface area contributed by atoms with Crippen molar-refractivity contribution in [2.75, 3.05) is 13.1 Å². The third kappa shape index (κ3) is 3.34. The van der Waals surface area contributed by atoms with Crippen molar-refractivity contribution in [1.29, 1.82) is 0 Å². The summed E-state index contributed by atoms with van der Waals surface area (Å²) in [5, 5.41) is 2.87. The van der Waals surface area contributed by atoms with Gasteiger partial charge in [-0.05, 0) is 19.4 Å². The SMILES string of the molecule is C=C(Cn1c(=O)n(CC)c(=O)c2c(C)c(CN3CCNC3=O)sc21)C(F)(F)F. The Morgan fingerprint density at radius 1 is 1.25 bits per heavy atom. The number of nitrogens with zero attached hydrogens (tertiary/aromatic N) is 3. The maximum Gasteiger partial charge on any atom is 0.413 e. The lowest BCUT2D eigenvalue weighted by atomic mass is 10.2. The van der Waals surface area contributed by atoms with Crippen molar-refractivity contribution in [2.24, 2.45) is 0 Å². The second-order valence-electron chi connectivity index (χ2n) is 6.50. The Hall–Kier alpha value is -2.56. The molecule has 2 amide bonds. The first-order valence-electron chi connectivity index (χ1n) is 8.59. The molecule has 0 aromatic carbocycles. The standard InChI is InChI=1S/C17H19F3N4O3S/c1-4-23-13(25)12-10(3)11(8-22-6-5-21-15(22)26)28-14(12)24(16(23)27)7-9(2)17(18,19)20/h2,4-8H2,1,3H3,(H,21,26). The van der Waals surface area contributed by atoms with E-state index in [0.29, 0.717) is 23.5 Å². The second-order valence-corrected chi connectivity index (χ2v) is 7.59. The lowest BCUT2D eigenvalue weighted by molar-refractivity contribution is -0.0943. The summed E-state index contributed by atoms with van der Waals surface area (Å²) in [6.45, 7) is 6.78. The molecule has 0 spiro atoms. The fourth-order valence-corrected chi connectivity index (χ4v) is 4.43. The zero-order valence-corrected chi connectivity index (χ0v) is 16.2. The molecule has 1 fully saturated rings. The minimum Gasteiger partial charge on any atom is -0.336 e. The molecular weight excluding hydrogens is 397 g/mol. The van der Waals surface area contributed by atoms with Crippen molar-refractivity contribution < 1.29 is 18.0 Å². The number of allylic oxidation sites excluding steroid dienone is 1. The smallest absolute Gasteiger partial charge is 0.336 e. The summed E-state index contributed by atoms with van der Waals surface area (Å²) < 4.78 is 40.8. The predicted octanol–water partition coefficient (Wildman–Crippen LogP) is 2.20. The van der Waals surface area contributed by atoms with Crippen LogP contribution >= 0.6 is 11.3 Å². The van der Waals surface area contributed by atoms with E-state index in [9.17, 15) is 27.6 Å². The van der Waals surface area contributed by atoms with Gasteiger partial charge in [0, 0.05) is 30.1 Å². The van der Waals surface area contributed by atoms with Crippen LogP contribution in [0.1, 0.15) is 17.4 Å². The highest BCUT2D eigenvalue weighted by molar-refractivity contribution is 7.18. The number of thiophene rings is 1. The Bertz CT molecular complexity index is 1080. The molecule has 28 heavy (non-hydrogen) atoms. The zero-order valence-electron chi connectivity index (χ0n) is 15.4. The maximum atomic E-state index is 13.0. The van der Waals surface area contributed by atoms with Crippen LogP contribution in [0.2, 0.25) is 0 Å². The molecule has 1 aliphatic rings. The summed E-state index contributed by atoms with van der Waals surface area (Å²) in [5.41, 5.74) is -1.86. The molecule has 0 atom stereocenters. The Morgan fingerprint density at radius 2 is 1.93 bits per heavy atom. The molecule has 2 aromatic rings. The lowest BCUT2D eigenvalue weighted by Crippen LogP contribution is -2.40. The number of alkyl halides is 3. The van der Waals surface area contributed by atoms with Crippen LogP contribution in [0, 0.1) is 6.92 Å². The number of amides is 2. The number of hydrogen-bond donors (Lipinski definition) is 1. The van der Waals surface area contributed by atoms with Crippen molar-refractivity contribution in [3.63, 3.8) is 0 Å².